The molecule has 0 saturated heterocycles. The van der Waals surface area contributed by atoms with E-state index in [4.69, 9.17) is 21.1 Å². The molecule has 3 N–H and O–H groups in total. The highest BCUT2D eigenvalue weighted by molar-refractivity contribution is 14.1. The minimum absolute atomic E-state index is 0.189. The third kappa shape index (κ3) is 8.62. The number of carbonyl (C=O) groups is 2. The van der Waals surface area contributed by atoms with Gasteiger partial charge in [0.1, 0.15) is 0 Å². The maximum absolute atomic E-state index is 12.7. The second-order valence-corrected chi connectivity index (χ2v) is 12.6. The van der Waals surface area contributed by atoms with Crippen molar-refractivity contribution in [2.24, 2.45) is 5.10 Å². The van der Waals surface area contributed by atoms with Gasteiger partial charge in [0, 0.05) is 32.9 Å². The fourth-order valence-corrected chi connectivity index (χ4v) is 6.02. The smallest absolute Gasteiger partial charge is 0.271 e. The molecule has 1 aromatic heterocycles. The molecule has 0 bridgehead atoms. The number of anilines is 3. The normalized spacial score (nSPS) is 10.9. The number of nitrogens with zero attached hydrogens (tertiary/aromatic N) is 2. The summed E-state index contributed by atoms with van der Waals surface area (Å²) < 4.78 is 12.0. The molecule has 2 amide bonds. The number of carbonyl (C=O) groups excluding carboxylic acids is 2. The standard InChI is InChI=1S/C34H29ClIN5O4S/c1-20-4-13-28(21(2)14-20)39-31(42)18-45-32-27(36)15-22(16-30(32)44-3)17-37-41-33(43)24-7-5-23(6-8-24)29-19-46-34(40-29)38-26-11-9-25(35)10-12-26/h4-17,19H,18H2,1-3H3,(H,38,40)(H,39,42)(H,41,43)/b37-17-. The molecule has 0 spiro atoms. The molecule has 4 aromatic carbocycles. The van der Waals surface area contributed by atoms with Gasteiger partial charge in [0.15, 0.2) is 23.2 Å². The first-order chi connectivity index (χ1) is 22.2. The van der Waals surface area contributed by atoms with Gasteiger partial charge in [-0.25, -0.2) is 10.4 Å². The molecule has 0 unspecified atom stereocenters. The number of hydrogen-bond donors (Lipinski definition) is 3. The predicted molar refractivity (Wildman–Crippen MR) is 193 cm³/mol. The van der Waals surface area contributed by atoms with E-state index in [2.05, 4.69) is 48.7 Å². The summed E-state index contributed by atoms with van der Waals surface area (Å²) >= 11 is 9.55. The zero-order valence-electron chi connectivity index (χ0n) is 25.1. The molecule has 5 rings (SSSR count). The molecular weight excluding hydrogens is 737 g/mol. The molecule has 0 fully saturated rings. The lowest BCUT2D eigenvalue weighted by molar-refractivity contribution is -0.118. The maximum Gasteiger partial charge on any atom is 0.271 e. The number of rotatable bonds is 11. The number of amides is 2. The molecule has 9 nitrogen and oxygen atoms in total. The first-order valence-electron chi connectivity index (χ1n) is 14.0. The summed E-state index contributed by atoms with van der Waals surface area (Å²) in [5.41, 5.74) is 9.08. The molecule has 1 heterocycles. The Balaban J connectivity index is 1.16. The minimum atomic E-state index is -0.359. The zero-order valence-corrected chi connectivity index (χ0v) is 28.8. The van der Waals surface area contributed by atoms with Gasteiger partial charge < -0.3 is 20.1 Å². The van der Waals surface area contributed by atoms with Crippen LogP contribution in [0.3, 0.4) is 0 Å². The number of aromatic nitrogens is 1. The quantitative estimate of drug-likeness (QED) is 0.0710. The van der Waals surface area contributed by atoms with Gasteiger partial charge in [-0.3, -0.25) is 9.59 Å². The fraction of sp³-hybridized carbons (Fsp3) is 0.118. The molecule has 0 aliphatic carbocycles. The van der Waals surface area contributed by atoms with Crippen LogP contribution in [-0.4, -0.2) is 36.7 Å². The second-order valence-electron chi connectivity index (χ2n) is 10.1. The third-order valence-corrected chi connectivity index (χ3v) is 8.49. The van der Waals surface area contributed by atoms with Crippen molar-refractivity contribution in [3.63, 3.8) is 0 Å². The predicted octanol–water partition coefficient (Wildman–Crippen LogP) is 8.22. The summed E-state index contributed by atoms with van der Waals surface area (Å²) in [6, 6.07) is 23.9. The number of hydrogen-bond acceptors (Lipinski definition) is 8. The van der Waals surface area contributed by atoms with Crippen molar-refractivity contribution in [2.45, 2.75) is 13.8 Å². The van der Waals surface area contributed by atoms with Gasteiger partial charge in [-0.15, -0.1) is 11.3 Å². The monoisotopic (exact) mass is 765 g/mol. The van der Waals surface area contributed by atoms with Gasteiger partial charge >= 0.3 is 0 Å². The lowest BCUT2D eigenvalue weighted by atomic mass is 10.1. The summed E-state index contributed by atoms with van der Waals surface area (Å²) in [7, 11) is 1.52. The lowest BCUT2D eigenvalue weighted by Gasteiger charge is -2.14. The number of methoxy groups -OCH3 is 1. The van der Waals surface area contributed by atoms with Crippen LogP contribution in [0.1, 0.15) is 27.0 Å². The van der Waals surface area contributed by atoms with E-state index in [1.165, 1.54) is 24.7 Å². The van der Waals surface area contributed by atoms with Crippen molar-refractivity contribution in [1.82, 2.24) is 10.4 Å². The van der Waals surface area contributed by atoms with Crippen LogP contribution in [0.25, 0.3) is 11.3 Å². The number of thiazole rings is 1. The lowest BCUT2D eigenvalue weighted by Crippen LogP contribution is -2.21. The van der Waals surface area contributed by atoms with Crippen molar-refractivity contribution >= 4 is 80.1 Å². The van der Waals surface area contributed by atoms with Gasteiger partial charge in [-0.05, 0) is 102 Å². The maximum atomic E-state index is 12.7. The van der Waals surface area contributed by atoms with Crippen LogP contribution in [0, 0.1) is 17.4 Å². The Morgan fingerprint density at radius 2 is 1.78 bits per heavy atom. The largest absolute Gasteiger partial charge is 0.493 e. The Labute approximate surface area is 289 Å². The Hall–Kier alpha value is -4.46. The molecule has 12 heteroatoms. The summed E-state index contributed by atoms with van der Waals surface area (Å²) in [5, 5.41) is 13.6. The van der Waals surface area contributed by atoms with E-state index in [0.29, 0.717) is 31.2 Å². The topological polar surface area (TPSA) is 114 Å². The van der Waals surface area contributed by atoms with Gasteiger partial charge in [-0.2, -0.15) is 5.10 Å². The first kappa shape index (κ1) is 32.9. The summed E-state index contributed by atoms with van der Waals surface area (Å²) in [6.07, 6.45) is 1.51. The Kier molecular flexibility index (Phi) is 10.9. The SMILES string of the molecule is COc1cc(/C=N\NC(=O)c2ccc(-c3csc(Nc4ccc(Cl)cc4)n3)cc2)cc(I)c1OCC(=O)Nc1ccc(C)cc1C. The van der Waals surface area contributed by atoms with E-state index in [0.717, 1.165) is 38.9 Å². The molecule has 234 valence electrons. The number of benzene rings is 4. The Bertz CT molecular complexity index is 1900. The van der Waals surface area contributed by atoms with Crippen LogP contribution in [0.15, 0.2) is 89.3 Å². The Morgan fingerprint density at radius 1 is 1.02 bits per heavy atom. The molecule has 0 atom stereocenters. The van der Waals surface area contributed by atoms with Crippen molar-refractivity contribution in [2.75, 3.05) is 24.4 Å². The van der Waals surface area contributed by atoms with Gasteiger partial charge in [0.2, 0.25) is 0 Å². The highest BCUT2D eigenvalue weighted by Crippen LogP contribution is 2.34. The first-order valence-corrected chi connectivity index (χ1v) is 16.3. The average Bonchev–Trinajstić information content (AvgIpc) is 3.51. The molecule has 46 heavy (non-hydrogen) atoms. The number of ether oxygens (including phenoxy) is 2. The number of aryl methyl sites for hydroxylation is 2. The fourth-order valence-electron chi connectivity index (χ4n) is 4.38. The highest BCUT2D eigenvalue weighted by Gasteiger charge is 2.14. The van der Waals surface area contributed by atoms with E-state index in [1.807, 2.05) is 79.9 Å². The van der Waals surface area contributed by atoms with Crippen molar-refractivity contribution in [3.8, 4) is 22.8 Å². The van der Waals surface area contributed by atoms with E-state index in [1.54, 1.807) is 18.2 Å². The highest BCUT2D eigenvalue weighted by atomic mass is 127. The third-order valence-electron chi connectivity index (χ3n) is 6.68. The van der Waals surface area contributed by atoms with E-state index < -0.39 is 0 Å². The van der Waals surface area contributed by atoms with Crippen LogP contribution < -0.4 is 25.5 Å². The van der Waals surface area contributed by atoms with E-state index >= 15 is 0 Å². The van der Waals surface area contributed by atoms with Gasteiger partial charge in [0.25, 0.3) is 11.8 Å². The summed E-state index contributed by atoms with van der Waals surface area (Å²) in [6.45, 7) is 3.75. The van der Waals surface area contributed by atoms with E-state index in [-0.39, 0.29) is 18.4 Å². The zero-order chi connectivity index (χ0) is 32.6. The minimum Gasteiger partial charge on any atom is -0.493 e. The van der Waals surface area contributed by atoms with Crippen LogP contribution in [0.2, 0.25) is 5.02 Å². The number of nitrogens with one attached hydrogen (secondary N) is 3. The number of hydrazone groups is 1. The van der Waals surface area contributed by atoms with Crippen molar-refractivity contribution < 1.29 is 19.1 Å². The molecule has 5 aromatic rings. The van der Waals surface area contributed by atoms with Crippen LogP contribution in [-0.2, 0) is 4.79 Å². The number of halogens is 2. The molecule has 0 aliphatic heterocycles. The van der Waals surface area contributed by atoms with Gasteiger partial charge in [0.05, 0.1) is 22.6 Å². The van der Waals surface area contributed by atoms with Crippen LogP contribution >= 0.6 is 45.5 Å². The average molecular weight is 766 g/mol. The summed E-state index contributed by atoms with van der Waals surface area (Å²) in [5.74, 6) is 0.229. The Morgan fingerprint density at radius 3 is 2.50 bits per heavy atom. The van der Waals surface area contributed by atoms with Crippen LogP contribution in [0.5, 0.6) is 11.5 Å². The van der Waals surface area contributed by atoms with Crippen molar-refractivity contribution in [1.29, 1.82) is 0 Å². The van der Waals surface area contributed by atoms with Crippen molar-refractivity contribution in [3.05, 3.63) is 115 Å². The second kappa shape index (κ2) is 15.2. The molecular formula is C34H29ClIN5O4S. The molecule has 0 saturated carbocycles. The summed E-state index contributed by atoms with van der Waals surface area (Å²) in [4.78, 5) is 29.9. The van der Waals surface area contributed by atoms with Gasteiger partial charge in [-0.1, -0.05) is 41.4 Å². The molecule has 0 aliphatic rings. The van der Waals surface area contributed by atoms with Crippen LogP contribution in [0.4, 0.5) is 16.5 Å². The van der Waals surface area contributed by atoms with E-state index in [9.17, 15) is 9.59 Å². The molecule has 0 radical (unpaired) electrons.